The summed E-state index contributed by atoms with van der Waals surface area (Å²) in [5.41, 5.74) is 5.33. The lowest BCUT2D eigenvalue weighted by atomic mass is 9.83. The van der Waals surface area contributed by atoms with E-state index in [4.69, 9.17) is 5.73 Å². The molecule has 4 nitrogen and oxygen atoms in total. The van der Waals surface area contributed by atoms with E-state index in [1.54, 1.807) is 0 Å². The SMILES string of the molecule is CCCNC(CN(C)C1CCCCC1C)(C(N)=O)C1CC1. The highest BCUT2D eigenvalue weighted by Gasteiger charge is 2.50. The Bertz CT molecular complexity index is 356. The van der Waals surface area contributed by atoms with Crippen LogP contribution in [0.3, 0.4) is 0 Å². The molecular formula is C17H33N3O. The van der Waals surface area contributed by atoms with E-state index in [2.05, 4.69) is 31.1 Å². The van der Waals surface area contributed by atoms with Gasteiger partial charge < -0.3 is 16.0 Å². The number of nitrogens with one attached hydrogen (secondary N) is 1. The third kappa shape index (κ3) is 3.78. The molecule has 2 aliphatic rings. The van der Waals surface area contributed by atoms with E-state index in [1.807, 2.05) is 0 Å². The highest BCUT2D eigenvalue weighted by Crippen LogP contribution is 2.41. The van der Waals surface area contributed by atoms with Gasteiger partial charge in [0.05, 0.1) is 0 Å². The first-order chi connectivity index (χ1) is 10.0. The predicted octanol–water partition coefficient (Wildman–Crippen LogP) is 2.13. The van der Waals surface area contributed by atoms with Crippen molar-refractivity contribution < 1.29 is 4.79 Å². The van der Waals surface area contributed by atoms with Crippen LogP contribution in [0.15, 0.2) is 0 Å². The Kier molecular flexibility index (Phi) is 5.67. The highest BCUT2D eigenvalue weighted by atomic mass is 16.1. The fraction of sp³-hybridized carbons (Fsp3) is 0.941. The van der Waals surface area contributed by atoms with E-state index < -0.39 is 5.54 Å². The summed E-state index contributed by atoms with van der Waals surface area (Å²) in [6.07, 6.45) is 8.53. The molecule has 0 bridgehead atoms. The molecule has 2 saturated carbocycles. The van der Waals surface area contributed by atoms with Crippen LogP contribution in [0.25, 0.3) is 0 Å². The molecule has 0 aromatic rings. The molecule has 3 unspecified atom stereocenters. The molecule has 4 heteroatoms. The lowest BCUT2D eigenvalue weighted by Crippen LogP contribution is -2.64. The number of hydrogen-bond donors (Lipinski definition) is 2. The first-order valence-electron chi connectivity index (χ1n) is 8.76. The second-order valence-corrected chi connectivity index (χ2v) is 7.28. The summed E-state index contributed by atoms with van der Waals surface area (Å²) in [6, 6.07) is 0.597. The van der Waals surface area contributed by atoms with Crippen molar-refractivity contribution in [1.29, 1.82) is 0 Å². The number of nitrogens with zero attached hydrogens (tertiary/aromatic N) is 1. The monoisotopic (exact) mass is 295 g/mol. The number of likely N-dealkylation sites (N-methyl/N-ethyl adjacent to an activating group) is 1. The molecule has 1 amide bonds. The summed E-state index contributed by atoms with van der Waals surface area (Å²) in [7, 11) is 2.18. The van der Waals surface area contributed by atoms with E-state index in [9.17, 15) is 4.79 Å². The summed E-state index contributed by atoms with van der Waals surface area (Å²) in [4.78, 5) is 14.7. The van der Waals surface area contributed by atoms with Crippen molar-refractivity contribution in [3.8, 4) is 0 Å². The van der Waals surface area contributed by atoms with Crippen molar-refractivity contribution in [2.45, 2.75) is 70.4 Å². The number of rotatable bonds is 8. The zero-order chi connectivity index (χ0) is 15.5. The van der Waals surface area contributed by atoms with Gasteiger partial charge >= 0.3 is 0 Å². The van der Waals surface area contributed by atoms with Crippen molar-refractivity contribution in [2.24, 2.45) is 17.6 Å². The largest absolute Gasteiger partial charge is 0.368 e. The Balaban J connectivity index is 2.07. The smallest absolute Gasteiger partial charge is 0.239 e. The van der Waals surface area contributed by atoms with Crippen LogP contribution >= 0.6 is 0 Å². The van der Waals surface area contributed by atoms with Gasteiger partial charge in [-0.2, -0.15) is 0 Å². The van der Waals surface area contributed by atoms with Crippen molar-refractivity contribution in [3.63, 3.8) is 0 Å². The van der Waals surface area contributed by atoms with Gasteiger partial charge in [-0.15, -0.1) is 0 Å². The van der Waals surface area contributed by atoms with Crippen LogP contribution in [0.5, 0.6) is 0 Å². The molecule has 0 aromatic heterocycles. The van der Waals surface area contributed by atoms with Gasteiger partial charge in [0.15, 0.2) is 0 Å². The van der Waals surface area contributed by atoms with Gasteiger partial charge in [-0.1, -0.05) is 26.7 Å². The first kappa shape index (κ1) is 16.8. The maximum absolute atomic E-state index is 12.2. The number of nitrogens with two attached hydrogens (primary N) is 1. The quantitative estimate of drug-likeness (QED) is 0.721. The molecular weight excluding hydrogens is 262 g/mol. The van der Waals surface area contributed by atoms with Gasteiger partial charge in [0, 0.05) is 12.6 Å². The molecule has 3 N–H and O–H groups in total. The molecule has 2 aliphatic carbocycles. The number of hydrogen-bond acceptors (Lipinski definition) is 3. The maximum atomic E-state index is 12.2. The maximum Gasteiger partial charge on any atom is 0.239 e. The zero-order valence-corrected chi connectivity index (χ0v) is 14.0. The molecule has 0 radical (unpaired) electrons. The van der Waals surface area contributed by atoms with Crippen molar-refractivity contribution in [2.75, 3.05) is 20.1 Å². The van der Waals surface area contributed by atoms with Crippen LogP contribution in [0.1, 0.15) is 58.8 Å². The number of carbonyl (C=O) groups excluding carboxylic acids is 1. The lowest BCUT2D eigenvalue weighted by molar-refractivity contribution is -0.126. The second-order valence-electron chi connectivity index (χ2n) is 7.28. The molecule has 2 fully saturated rings. The summed E-state index contributed by atoms with van der Waals surface area (Å²) in [5, 5.41) is 3.51. The third-order valence-corrected chi connectivity index (χ3v) is 5.54. The summed E-state index contributed by atoms with van der Waals surface area (Å²) in [5.74, 6) is 0.997. The lowest BCUT2D eigenvalue weighted by Gasteiger charge is -2.42. The van der Waals surface area contributed by atoms with Gasteiger partial charge in [-0.25, -0.2) is 0 Å². The third-order valence-electron chi connectivity index (χ3n) is 5.54. The molecule has 0 saturated heterocycles. The minimum Gasteiger partial charge on any atom is -0.368 e. The van der Waals surface area contributed by atoms with Crippen molar-refractivity contribution in [3.05, 3.63) is 0 Å². The second kappa shape index (κ2) is 7.10. The van der Waals surface area contributed by atoms with E-state index >= 15 is 0 Å². The van der Waals surface area contributed by atoms with Crippen molar-refractivity contribution in [1.82, 2.24) is 10.2 Å². The molecule has 0 aliphatic heterocycles. The minimum absolute atomic E-state index is 0.159. The molecule has 21 heavy (non-hydrogen) atoms. The summed E-state index contributed by atoms with van der Waals surface area (Å²) in [6.45, 7) is 6.12. The summed E-state index contributed by atoms with van der Waals surface area (Å²) < 4.78 is 0. The highest BCUT2D eigenvalue weighted by molar-refractivity contribution is 5.86. The van der Waals surface area contributed by atoms with E-state index in [1.165, 1.54) is 25.7 Å². The molecule has 2 rings (SSSR count). The summed E-state index contributed by atoms with van der Waals surface area (Å²) >= 11 is 0. The minimum atomic E-state index is -0.512. The zero-order valence-electron chi connectivity index (χ0n) is 14.0. The van der Waals surface area contributed by atoms with E-state index in [0.717, 1.165) is 38.3 Å². The molecule has 0 heterocycles. The fourth-order valence-corrected chi connectivity index (χ4v) is 4.08. The Hall–Kier alpha value is -0.610. The Labute approximate surface area is 129 Å². The van der Waals surface area contributed by atoms with Gasteiger partial charge in [0.25, 0.3) is 0 Å². The van der Waals surface area contributed by atoms with Gasteiger partial charge in [-0.3, -0.25) is 4.79 Å². The Morgan fingerprint density at radius 3 is 2.48 bits per heavy atom. The molecule has 0 spiro atoms. The predicted molar refractivity (Wildman–Crippen MR) is 87.0 cm³/mol. The van der Waals surface area contributed by atoms with Crippen LogP contribution in [0.2, 0.25) is 0 Å². The number of amides is 1. The van der Waals surface area contributed by atoms with Crippen LogP contribution in [-0.2, 0) is 4.79 Å². The average Bonchev–Trinajstić information content (AvgIpc) is 3.28. The topological polar surface area (TPSA) is 58.4 Å². The van der Waals surface area contributed by atoms with Crippen molar-refractivity contribution >= 4 is 5.91 Å². The first-order valence-corrected chi connectivity index (χ1v) is 8.76. The standard InChI is InChI=1S/C17H33N3O/c1-4-11-19-17(16(18)21,14-9-10-14)12-20(3)15-8-6-5-7-13(15)2/h13-15,19H,4-12H2,1-3H3,(H2,18,21). The van der Waals surface area contributed by atoms with Crippen LogP contribution in [0.4, 0.5) is 0 Å². The van der Waals surface area contributed by atoms with Gasteiger partial charge in [-0.05, 0) is 57.5 Å². The van der Waals surface area contributed by atoms with Crippen LogP contribution in [-0.4, -0.2) is 42.5 Å². The molecule has 122 valence electrons. The Morgan fingerprint density at radius 1 is 1.29 bits per heavy atom. The average molecular weight is 295 g/mol. The van der Waals surface area contributed by atoms with Crippen LogP contribution in [0, 0.1) is 11.8 Å². The number of carbonyl (C=O) groups is 1. The Morgan fingerprint density at radius 2 is 1.95 bits per heavy atom. The van der Waals surface area contributed by atoms with E-state index in [-0.39, 0.29) is 5.91 Å². The van der Waals surface area contributed by atoms with E-state index in [0.29, 0.717) is 12.0 Å². The normalized spacial score (nSPS) is 29.3. The molecule has 0 aromatic carbocycles. The number of primary amides is 1. The van der Waals surface area contributed by atoms with Gasteiger partial charge in [0.1, 0.15) is 5.54 Å². The van der Waals surface area contributed by atoms with Crippen LogP contribution < -0.4 is 11.1 Å². The fourth-order valence-electron chi connectivity index (χ4n) is 4.08. The van der Waals surface area contributed by atoms with Gasteiger partial charge in [0.2, 0.25) is 5.91 Å². The molecule has 3 atom stereocenters.